The van der Waals surface area contributed by atoms with Gasteiger partial charge in [-0.1, -0.05) is 52.4 Å². The molecule has 1 unspecified atom stereocenters. The van der Waals surface area contributed by atoms with Crippen molar-refractivity contribution in [1.29, 1.82) is 0 Å². The van der Waals surface area contributed by atoms with Crippen LogP contribution in [0.4, 0.5) is 0 Å². The SMILES string of the molecule is CC(CCCCC[C@@H](C)CO)CCCCC(=O)O. The molecule has 0 aliphatic carbocycles. The summed E-state index contributed by atoms with van der Waals surface area (Å²) in [5.41, 5.74) is 0. The summed E-state index contributed by atoms with van der Waals surface area (Å²) in [5, 5.41) is 17.4. The quantitative estimate of drug-likeness (QED) is 0.523. The summed E-state index contributed by atoms with van der Waals surface area (Å²) in [6.45, 7) is 4.65. The van der Waals surface area contributed by atoms with Crippen molar-refractivity contribution < 1.29 is 15.0 Å². The van der Waals surface area contributed by atoms with Gasteiger partial charge >= 0.3 is 5.97 Å². The first-order valence-corrected chi connectivity index (χ1v) is 7.39. The number of carboxylic acids is 1. The van der Waals surface area contributed by atoms with Crippen molar-refractivity contribution in [2.24, 2.45) is 11.8 Å². The molecule has 0 fully saturated rings. The second-order valence-electron chi connectivity index (χ2n) is 5.67. The fraction of sp³-hybridized carbons (Fsp3) is 0.933. The van der Waals surface area contributed by atoms with E-state index in [1.807, 2.05) is 0 Å². The van der Waals surface area contributed by atoms with Gasteiger partial charge in [0.2, 0.25) is 0 Å². The fourth-order valence-corrected chi connectivity index (χ4v) is 2.17. The van der Waals surface area contributed by atoms with Gasteiger partial charge in [-0.05, 0) is 24.7 Å². The molecule has 3 heteroatoms. The van der Waals surface area contributed by atoms with Crippen molar-refractivity contribution in [3.63, 3.8) is 0 Å². The van der Waals surface area contributed by atoms with Crippen LogP contribution in [-0.2, 0) is 4.79 Å². The maximum Gasteiger partial charge on any atom is 0.303 e. The summed E-state index contributed by atoms with van der Waals surface area (Å²) < 4.78 is 0. The number of carboxylic acid groups (broad SMARTS) is 1. The number of carbonyl (C=O) groups is 1. The van der Waals surface area contributed by atoms with E-state index in [0.717, 1.165) is 25.7 Å². The fourth-order valence-electron chi connectivity index (χ4n) is 2.17. The Bertz CT molecular complexity index is 204. The van der Waals surface area contributed by atoms with Gasteiger partial charge in [-0.2, -0.15) is 0 Å². The van der Waals surface area contributed by atoms with Crippen LogP contribution in [0.25, 0.3) is 0 Å². The molecule has 0 saturated carbocycles. The van der Waals surface area contributed by atoms with E-state index in [-0.39, 0.29) is 0 Å². The van der Waals surface area contributed by atoms with E-state index < -0.39 is 5.97 Å². The predicted octanol–water partition coefficient (Wildman–Crippen LogP) is 3.85. The highest BCUT2D eigenvalue weighted by atomic mass is 16.4. The Morgan fingerprint density at radius 1 is 0.889 bits per heavy atom. The minimum Gasteiger partial charge on any atom is -0.481 e. The van der Waals surface area contributed by atoms with Gasteiger partial charge in [-0.25, -0.2) is 0 Å². The van der Waals surface area contributed by atoms with Crippen molar-refractivity contribution in [3.8, 4) is 0 Å². The van der Waals surface area contributed by atoms with Gasteiger partial charge in [0, 0.05) is 13.0 Å². The molecular weight excluding hydrogens is 228 g/mol. The Balaban J connectivity index is 3.26. The van der Waals surface area contributed by atoms with E-state index in [9.17, 15) is 4.79 Å². The first-order chi connectivity index (χ1) is 8.56. The molecule has 3 nitrogen and oxygen atoms in total. The number of aliphatic hydroxyl groups is 1. The third-order valence-electron chi connectivity index (χ3n) is 3.54. The monoisotopic (exact) mass is 258 g/mol. The zero-order chi connectivity index (χ0) is 13.8. The average molecular weight is 258 g/mol. The molecule has 2 N–H and O–H groups in total. The van der Waals surface area contributed by atoms with Crippen LogP contribution in [0.2, 0.25) is 0 Å². The van der Waals surface area contributed by atoms with Crippen LogP contribution < -0.4 is 0 Å². The van der Waals surface area contributed by atoms with Crippen molar-refractivity contribution in [1.82, 2.24) is 0 Å². The second-order valence-corrected chi connectivity index (χ2v) is 5.67. The van der Waals surface area contributed by atoms with E-state index in [1.165, 1.54) is 25.7 Å². The Morgan fingerprint density at radius 2 is 1.39 bits per heavy atom. The standard InChI is InChI=1S/C15H30O3/c1-13(9-6-7-11-15(17)18)8-4-3-5-10-14(2)12-16/h13-14,16H,3-12H2,1-2H3,(H,17,18)/t13?,14-/m1/s1. The van der Waals surface area contributed by atoms with Gasteiger partial charge in [-0.3, -0.25) is 4.79 Å². The lowest BCUT2D eigenvalue weighted by Crippen LogP contribution is -2.00. The number of aliphatic hydroxyl groups excluding tert-OH is 1. The molecule has 0 aromatic carbocycles. The summed E-state index contributed by atoms with van der Waals surface area (Å²) in [5.74, 6) is 0.480. The van der Waals surface area contributed by atoms with E-state index >= 15 is 0 Å². The molecule has 0 saturated heterocycles. The van der Waals surface area contributed by atoms with Crippen LogP contribution in [0, 0.1) is 11.8 Å². The molecule has 0 amide bonds. The molecular formula is C15H30O3. The van der Waals surface area contributed by atoms with Gasteiger partial charge in [0.05, 0.1) is 0 Å². The molecule has 0 heterocycles. The molecule has 0 aromatic rings. The number of unbranched alkanes of at least 4 members (excludes halogenated alkanes) is 3. The van der Waals surface area contributed by atoms with E-state index in [1.54, 1.807) is 0 Å². The van der Waals surface area contributed by atoms with Crippen LogP contribution >= 0.6 is 0 Å². The summed E-state index contributed by atoms with van der Waals surface area (Å²) in [7, 11) is 0. The van der Waals surface area contributed by atoms with Crippen LogP contribution in [0.3, 0.4) is 0 Å². The first kappa shape index (κ1) is 17.4. The number of hydrogen-bond acceptors (Lipinski definition) is 2. The lowest BCUT2D eigenvalue weighted by atomic mass is 9.95. The molecule has 0 bridgehead atoms. The van der Waals surface area contributed by atoms with Gasteiger partial charge in [0.15, 0.2) is 0 Å². The van der Waals surface area contributed by atoms with Gasteiger partial charge in [0.1, 0.15) is 0 Å². The minimum absolute atomic E-state index is 0.306. The van der Waals surface area contributed by atoms with Crippen LogP contribution in [-0.4, -0.2) is 22.8 Å². The zero-order valence-electron chi connectivity index (χ0n) is 12.0. The summed E-state index contributed by atoms with van der Waals surface area (Å²) in [6.07, 6.45) is 9.42. The largest absolute Gasteiger partial charge is 0.481 e. The molecule has 0 aromatic heterocycles. The van der Waals surface area contributed by atoms with Crippen molar-refractivity contribution >= 4 is 5.97 Å². The Morgan fingerprint density at radius 3 is 1.89 bits per heavy atom. The highest BCUT2D eigenvalue weighted by molar-refractivity contribution is 5.66. The average Bonchev–Trinajstić information content (AvgIpc) is 2.33. The Labute approximate surface area is 112 Å². The maximum atomic E-state index is 10.3. The van der Waals surface area contributed by atoms with Crippen molar-refractivity contribution in [2.75, 3.05) is 6.61 Å². The molecule has 0 spiro atoms. The summed E-state index contributed by atoms with van der Waals surface area (Å²) >= 11 is 0. The Hall–Kier alpha value is -0.570. The summed E-state index contributed by atoms with van der Waals surface area (Å²) in [4.78, 5) is 10.3. The van der Waals surface area contributed by atoms with E-state index in [2.05, 4.69) is 13.8 Å². The third-order valence-corrected chi connectivity index (χ3v) is 3.54. The van der Waals surface area contributed by atoms with Crippen LogP contribution in [0.1, 0.15) is 71.6 Å². The molecule has 0 rings (SSSR count). The highest BCUT2D eigenvalue weighted by Crippen LogP contribution is 2.18. The third kappa shape index (κ3) is 11.9. The number of hydrogen-bond donors (Lipinski definition) is 2. The summed E-state index contributed by atoms with van der Waals surface area (Å²) in [6, 6.07) is 0. The van der Waals surface area contributed by atoms with Gasteiger partial charge < -0.3 is 10.2 Å². The lowest BCUT2D eigenvalue weighted by molar-refractivity contribution is -0.137. The lowest BCUT2D eigenvalue weighted by Gasteiger charge is -2.11. The maximum absolute atomic E-state index is 10.3. The van der Waals surface area contributed by atoms with Crippen LogP contribution in [0.5, 0.6) is 0 Å². The van der Waals surface area contributed by atoms with Crippen molar-refractivity contribution in [2.45, 2.75) is 71.6 Å². The molecule has 108 valence electrons. The number of rotatable bonds is 12. The number of aliphatic carboxylic acids is 1. The molecule has 0 aliphatic rings. The molecule has 2 atom stereocenters. The molecule has 18 heavy (non-hydrogen) atoms. The van der Waals surface area contributed by atoms with Gasteiger partial charge in [0.25, 0.3) is 0 Å². The normalized spacial score (nSPS) is 14.4. The Kier molecular flexibility index (Phi) is 11.2. The minimum atomic E-state index is -0.680. The second kappa shape index (κ2) is 11.5. The molecule has 0 aliphatic heterocycles. The van der Waals surface area contributed by atoms with Gasteiger partial charge in [-0.15, -0.1) is 0 Å². The highest BCUT2D eigenvalue weighted by Gasteiger charge is 2.04. The smallest absolute Gasteiger partial charge is 0.303 e. The van der Waals surface area contributed by atoms with E-state index in [0.29, 0.717) is 24.9 Å². The van der Waals surface area contributed by atoms with E-state index in [4.69, 9.17) is 10.2 Å². The zero-order valence-corrected chi connectivity index (χ0v) is 12.0. The predicted molar refractivity (Wildman–Crippen MR) is 74.6 cm³/mol. The topological polar surface area (TPSA) is 57.5 Å². The van der Waals surface area contributed by atoms with Crippen molar-refractivity contribution in [3.05, 3.63) is 0 Å². The van der Waals surface area contributed by atoms with Crippen LogP contribution in [0.15, 0.2) is 0 Å². The molecule has 0 radical (unpaired) electrons. The first-order valence-electron chi connectivity index (χ1n) is 7.39.